The van der Waals surface area contributed by atoms with Gasteiger partial charge in [-0.2, -0.15) is 5.10 Å². The molecule has 9 nitrogen and oxygen atoms in total. The summed E-state index contributed by atoms with van der Waals surface area (Å²) in [6.07, 6.45) is 3.58. The molecule has 2 heterocycles. The van der Waals surface area contributed by atoms with Crippen LogP contribution in [0.2, 0.25) is 0 Å². The number of para-hydroxylation sites is 1. The van der Waals surface area contributed by atoms with E-state index in [2.05, 4.69) is 20.7 Å². The fourth-order valence-electron chi connectivity index (χ4n) is 3.20. The number of ether oxygens (including phenoxy) is 1. The fraction of sp³-hybridized carbons (Fsp3) is 0.375. The molecule has 0 unspecified atom stereocenters. The van der Waals surface area contributed by atoms with Crippen LogP contribution in [-0.4, -0.2) is 46.7 Å². The van der Waals surface area contributed by atoms with Crippen LogP contribution in [0.4, 0.5) is 5.69 Å². The highest BCUT2D eigenvalue weighted by atomic mass is 16.6. The van der Waals surface area contributed by atoms with E-state index >= 15 is 0 Å². The molecule has 0 aliphatic carbocycles. The first kappa shape index (κ1) is 23.9. The van der Waals surface area contributed by atoms with Crippen LogP contribution in [0.3, 0.4) is 0 Å². The number of aromatic nitrogens is 1. The molecule has 1 aromatic heterocycles. The number of carbonyl (C=O) groups excluding carboxylic acids is 3. The average molecular weight is 452 g/mol. The molecular formula is C24H29N5O4. The predicted octanol–water partition coefficient (Wildman–Crippen LogP) is 2.18. The number of hydrogen-bond donors (Lipinski definition) is 2. The number of anilines is 1. The van der Waals surface area contributed by atoms with E-state index in [1.165, 1.54) is 5.01 Å². The number of benzene rings is 1. The van der Waals surface area contributed by atoms with Gasteiger partial charge in [0.15, 0.2) is 6.04 Å². The minimum absolute atomic E-state index is 0.114. The Labute approximate surface area is 193 Å². The third kappa shape index (κ3) is 7.13. The van der Waals surface area contributed by atoms with Gasteiger partial charge in [-0.3, -0.25) is 19.6 Å². The van der Waals surface area contributed by atoms with Gasteiger partial charge in [0.05, 0.1) is 5.69 Å². The lowest BCUT2D eigenvalue weighted by Crippen LogP contribution is -2.40. The van der Waals surface area contributed by atoms with Crippen LogP contribution in [-0.2, 0) is 25.7 Å². The molecule has 0 fully saturated rings. The summed E-state index contributed by atoms with van der Waals surface area (Å²) in [5, 5.41) is 11.4. The van der Waals surface area contributed by atoms with Crippen LogP contribution in [0.15, 0.2) is 60.0 Å². The Morgan fingerprint density at radius 3 is 2.52 bits per heavy atom. The molecule has 0 spiro atoms. The van der Waals surface area contributed by atoms with E-state index < -0.39 is 23.5 Å². The molecule has 0 bridgehead atoms. The molecule has 9 heteroatoms. The van der Waals surface area contributed by atoms with Crippen LogP contribution in [0.1, 0.15) is 39.2 Å². The van der Waals surface area contributed by atoms with Gasteiger partial charge < -0.3 is 15.4 Å². The molecule has 1 atom stereocenters. The van der Waals surface area contributed by atoms with Gasteiger partial charge in [-0.1, -0.05) is 24.3 Å². The van der Waals surface area contributed by atoms with Crippen LogP contribution in [0, 0.1) is 0 Å². The minimum Gasteiger partial charge on any atom is -0.458 e. The van der Waals surface area contributed by atoms with Crippen molar-refractivity contribution < 1.29 is 19.1 Å². The number of rotatable bonds is 8. The summed E-state index contributed by atoms with van der Waals surface area (Å²) in [6, 6.07) is 12.1. The first-order valence-electron chi connectivity index (χ1n) is 10.8. The number of nitrogens with zero attached hydrogens (tertiary/aromatic N) is 3. The molecule has 33 heavy (non-hydrogen) atoms. The van der Waals surface area contributed by atoms with Crippen molar-refractivity contribution in [2.75, 3.05) is 11.6 Å². The number of hydrogen-bond acceptors (Lipinski definition) is 7. The molecule has 3 rings (SSSR count). The first-order chi connectivity index (χ1) is 15.7. The topological polar surface area (TPSA) is 113 Å². The van der Waals surface area contributed by atoms with Gasteiger partial charge in [0.1, 0.15) is 11.3 Å². The summed E-state index contributed by atoms with van der Waals surface area (Å²) < 4.78 is 5.53. The number of nitrogens with one attached hydrogen (secondary N) is 2. The van der Waals surface area contributed by atoms with E-state index in [9.17, 15) is 14.4 Å². The van der Waals surface area contributed by atoms with E-state index in [4.69, 9.17) is 4.74 Å². The zero-order valence-corrected chi connectivity index (χ0v) is 19.1. The normalized spacial score (nSPS) is 15.5. The number of hydrazone groups is 1. The van der Waals surface area contributed by atoms with Crippen LogP contribution < -0.4 is 15.6 Å². The maximum Gasteiger partial charge on any atom is 0.331 e. The lowest BCUT2D eigenvalue weighted by atomic mass is 10.1. The summed E-state index contributed by atoms with van der Waals surface area (Å²) >= 11 is 0. The van der Waals surface area contributed by atoms with E-state index in [1.54, 1.807) is 39.2 Å². The summed E-state index contributed by atoms with van der Waals surface area (Å²) in [4.78, 5) is 41.5. The second kappa shape index (κ2) is 10.7. The number of pyridine rings is 1. The van der Waals surface area contributed by atoms with Crippen LogP contribution in [0.5, 0.6) is 0 Å². The molecule has 1 aliphatic rings. The van der Waals surface area contributed by atoms with Crippen molar-refractivity contribution in [2.45, 2.75) is 51.8 Å². The fourth-order valence-corrected chi connectivity index (χ4v) is 3.20. The molecule has 2 amide bonds. The third-order valence-corrected chi connectivity index (χ3v) is 4.72. The average Bonchev–Trinajstić information content (AvgIpc) is 3.24. The van der Waals surface area contributed by atoms with Crippen molar-refractivity contribution in [3.8, 4) is 0 Å². The van der Waals surface area contributed by atoms with Crippen molar-refractivity contribution in [1.82, 2.24) is 15.6 Å². The molecule has 2 aromatic rings. The van der Waals surface area contributed by atoms with Crippen molar-refractivity contribution in [3.05, 3.63) is 60.4 Å². The second-order valence-corrected chi connectivity index (χ2v) is 8.62. The van der Waals surface area contributed by atoms with Crippen molar-refractivity contribution in [1.29, 1.82) is 0 Å². The molecule has 0 radical (unpaired) electrons. The molecule has 2 N–H and O–H groups in total. The van der Waals surface area contributed by atoms with Crippen molar-refractivity contribution in [2.24, 2.45) is 5.10 Å². The maximum absolute atomic E-state index is 12.8. The molecular weight excluding hydrogens is 422 g/mol. The highest BCUT2D eigenvalue weighted by Crippen LogP contribution is 2.26. The lowest BCUT2D eigenvalue weighted by Gasteiger charge is -2.26. The SMILES string of the molecule is CC(C)(C)OC(=O)[C@@H]1CC(C(=O)NCCC(=O)NCc2cccnc2)=NN1c1ccccc1. The van der Waals surface area contributed by atoms with Gasteiger partial charge in [0.25, 0.3) is 5.91 Å². The van der Waals surface area contributed by atoms with Gasteiger partial charge >= 0.3 is 5.97 Å². The summed E-state index contributed by atoms with van der Waals surface area (Å²) in [5.41, 5.74) is 1.13. The van der Waals surface area contributed by atoms with Gasteiger partial charge in [-0.05, 0) is 44.5 Å². The Morgan fingerprint density at radius 1 is 1.09 bits per heavy atom. The molecule has 174 valence electrons. The first-order valence-corrected chi connectivity index (χ1v) is 10.8. The predicted molar refractivity (Wildman–Crippen MR) is 124 cm³/mol. The summed E-state index contributed by atoms with van der Waals surface area (Å²) in [6.45, 7) is 5.90. The smallest absolute Gasteiger partial charge is 0.331 e. The summed E-state index contributed by atoms with van der Waals surface area (Å²) in [5.74, 6) is -1.06. The van der Waals surface area contributed by atoms with E-state index in [0.29, 0.717) is 12.2 Å². The highest BCUT2D eigenvalue weighted by molar-refractivity contribution is 6.40. The van der Waals surface area contributed by atoms with Crippen molar-refractivity contribution >= 4 is 29.2 Å². The van der Waals surface area contributed by atoms with Crippen LogP contribution >= 0.6 is 0 Å². The van der Waals surface area contributed by atoms with E-state index in [-0.39, 0.29) is 31.0 Å². The van der Waals surface area contributed by atoms with E-state index in [1.807, 2.05) is 36.4 Å². The van der Waals surface area contributed by atoms with Crippen LogP contribution in [0.25, 0.3) is 0 Å². The van der Waals surface area contributed by atoms with Gasteiger partial charge in [0, 0.05) is 38.3 Å². The monoisotopic (exact) mass is 451 g/mol. The number of esters is 1. The summed E-state index contributed by atoms with van der Waals surface area (Å²) in [7, 11) is 0. The van der Waals surface area contributed by atoms with Gasteiger partial charge in [-0.15, -0.1) is 0 Å². The van der Waals surface area contributed by atoms with Gasteiger partial charge in [0.2, 0.25) is 5.91 Å². The number of carbonyl (C=O) groups is 3. The third-order valence-electron chi connectivity index (χ3n) is 4.72. The number of amides is 2. The Balaban J connectivity index is 1.56. The Bertz CT molecular complexity index is 1000. The second-order valence-electron chi connectivity index (χ2n) is 8.62. The largest absolute Gasteiger partial charge is 0.458 e. The molecule has 0 saturated carbocycles. The van der Waals surface area contributed by atoms with Gasteiger partial charge in [-0.25, -0.2) is 4.79 Å². The lowest BCUT2D eigenvalue weighted by molar-refractivity contribution is -0.156. The zero-order valence-electron chi connectivity index (χ0n) is 19.1. The van der Waals surface area contributed by atoms with E-state index in [0.717, 1.165) is 5.56 Å². The minimum atomic E-state index is -0.741. The highest BCUT2D eigenvalue weighted by Gasteiger charge is 2.38. The van der Waals surface area contributed by atoms with Crippen molar-refractivity contribution in [3.63, 3.8) is 0 Å². The molecule has 1 aliphatic heterocycles. The molecule has 1 aromatic carbocycles. The quantitative estimate of drug-likeness (QED) is 0.595. The maximum atomic E-state index is 12.8. The standard InChI is InChI=1S/C24H29N5O4/c1-24(2,3)33-23(32)20-14-19(28-29(20)18-9-5-4-6-10-18)22(31)26-13-11-21(30)27-16-17-8-7-12-25-15-17/h4-10,12,15,20H,11,13-14,16H2,1-3H3,(H,26,31)(H,27,30)/t20-/m0/s1. The Hall–Kier alpha value is -3.75. The molecule has 0 saturated heterocycles. The zero-order chi connectivity index (χ0) is 23.8. The Morgan fingerprint density at radius 2 is 1.85 bits per heavy atom. The Kier molecular flexibility index (Phi) is 7.76.